The van der Waals surface area contributed by atoms with Gasteiger partial charge in [0, 0.05) is 19.1 Å². The van der Waals surface area contributed by atoms with Crippen molar-refractivity contribution in [3.8, 4) is 0 Å². The number of carbonyl (C=O) groups is 1. The van der Waals surface area contributed by atoms with Crippen molar-refractivity contribution in [2.75, 3.05) is 6.61 Å². The molecule has 1 fully saturated rings. The topological polar surface area (TPSA) is 26.3 Å². The van der Waals surface area contributed by atoms with E-state index in [0.717, 1.165) is 31.7 Å². The molecule has 0 heterocycles. The molecule has 2 rings (SSSR count). The molecular formula is C17H22F2O2. The van der Waals surface area contributed by atoms with Crippen molar-refractivity contribution in [1.29, 1.82) is 0 Å². The molecule has 0 radical (unpaired) electrons. The number of Topliss-reactive ketones (excluding diaryl/α,β-unsaturated/α-hetero) is 1. The van der Waals surface area contributed by atoms with E-state index in [1.54, 1.807) is 0 Å². The Morgan fingerprint density at radius 1 is 1.10 bits per heavy atom. The van der Waals surface area contributed by atoms with Crippen LogP contribution in [0, 0.1) is 11.6 Å². The highest BCUT2D eigenvalue weighted by atomic mass is 19.1. The molecular weight excluding hydrogens is 274 g/mol. The molecule has 0 aromatic heterocycles. The van der Waals surface area contributed by atoms with Gasteiger partial charge in [-0.05, 0) is 37.5 Å². The lowest BCUT2D eigenvalue weighted by Crippen LogP contribution is -2.42. The Labute approximate surface area is 124 Å². The van der Waals surface area contributed by atoms with Gasteiger partial charge in [0.1, 0.15) is 17.2 Å². The van der Waals surface area contributed by atoms with Gasteiger partial charge < -0.3 is 4.74 Å². The summed E-state index contributed by atoms with van der Waals surface area (Å²) >= 11 is 0. The summed E-state index contributed by atoms with van der Waals surface area (Å²) in [6.07, 6.45) is 5.57. The highest BCUT2D eigenvalue weighted by Crippen LogP contribution is 2.32. The van der Waals surface area contributed by atoms with E-state index >= 15 is 0 Å². The third-order valence-electron chi connectivity index (χ3n) is 4.13. The van der Waals surface area contributed by atoms with E-state index in [-0.39, 0.29) is 12.2 Å². The molecule has 1 aliphatic carbocycles. The molecule has 0 bridgehead atoms. The molecule has 1 aromatic carbocycles. The lowest BCUT2D eigenvalue weighted by molar-refractivity contribution is -0.145. The third-order valence-corrected chi connectivity index (χ3v) is 4.13. The maximum Gasteiger partial charge on any atom is 0.168 e. The van der Waals surface area contributed by atoms with E-state index in [9.17, 15) is 13.6 Å². The van der Waals surface area contributed by atoms with E-state index < -0.39 is 17.2 Å². The molecule has 2 nitrogen and oxygen atoms in total. The van der Waals surface area contributed by atoms with E-state index in [0.29, 0.717) is 25.0 Å². The molecule has 21 heavy (non-hydrogen) atoms. The van der Waals surface area contributed by atoms with Crippen molar-refractivity contribution in [3.05, 3.63) is 35.4 Å². The monoisotopic (exact) mass is 296 g/mol. The minimum absolute atomic E-state index is 0.0225. The maximum atomic E-state index is 13.2. The van der Waals surface area contributed by atoms with E-state index in [2.05, 4.69) is 0 Å². The highest BCUT2D eigenvalue weighted by molar-refractivity contribution is 5.89. The van der Waals surface area contributed by atoms with Gasteiger partial charge >= 0.3 is 0 Å². The van der Waals surface area contributed by atoms with Crippen LogP contribution in [0.15, 0.2) is 18.2 Å². The molecule has 0 saturated heterocycles. The number of rotatable bonds is 5. The molecule has 1 aromatic rings. The van der Waals surface area contributed by atoms with Crippen LogP contribution in [0.4, 0.5) is 8.78 Å². The van der Waals surface area contributed by atoms with Crippen LogP contribution in [0.25, 0.3) is 0 Å². The van der Waals surface area contributed by atoms with Gasteiger partial charge in [0.05, 0.1) is 0 Å². The number of halogens is 2. The van der Waals surface area contributed by atoms with Gasteiger partial charge in [-0.15, -0.1) is 0 Å². The summed E-state index contributed by atoms with van der Waals surface area (Å²) in [6, 6.07) is 3.26. The highest BCUT2D eigenvalue weighted by Gasteiger charge is 2.38. The summed E-state index contributed by atoms with van der Waals surface area (Å²) in [5.74, 6) is -1.36. The van der Waals surface area contributed by atoms with Crippen LogP contribution in [-0.4, -0.2) is 18.0 Å². The first-order valence-corrected chi connectivity index (χ1v) is 7.68. The van der Waals surface area contributed by atoms with Gasteiger partial charge in [-0.3, -0.25) is 4.79 Å². The Morgan fingerprint density at radius 2 is 1.67 bits per heavy atom. The summed E-state index contributed by atoms with van der Waals surface area (Å²) in [4.78, 5) is 12.7. The average molecular weight is 296 g/mol. The van der Waals surface area contributed by atoms with Gasteiger partial charge in [0.2, 0.25) is 0 Å². The van der Waals surface area contributed by atoms with Gasteiger partial charge in [-0.2, -0.15) is 0 Å². The fourth-order valence-corrected chi connectivity index (χ4v) is 3.14. The lowest BCUT2D eigenvalue weighted by atomic mass is 9.86. The second kappa shape index (κ2) is 7.12. The van der Waals surface area contributed by atoms with Crippen LogP contribution in [0.2, 0.25) is 0 Å². The summed E-state index contributed by atoms with van der Waals surface area (Å²) in [7, 11) is 0. The summed E-state index contributed by atoms with van der Waals surface area (Å²) < 4.78 is 32.3. The van der Waals surface area contributed by atoms with E-state index in [1.165, 1.54) is 12.1 Å². The van der Waals surface area contributed by atoms with E-state index in [4.69, 9.17) is 4.74 Å². The van der Waals surface area contributed by atoms with Gasteiger partial charge in [0.25, 0.3) is 0 Å². The number of carbonyl (C=O) groups excluding carboxylic acids is 1. The molecule has 1 saturated carbocycles. The summed E-state index contributed by atoms with van der Waals surface area (Å²) in [5, 5.41) is 0. The van der Waals surface area contributed by atoms with Crippen LogP contribution in [0.1, 0.15) is 51.0 Å². The average Bonchev–Trinajstić information content (AvgIpc) is 2.64. The van der Waals surface area contributed by atoms with Crippen LogP contribution < -0.4 is 0 Å². The van der Waals surface area contributed by atoms with Crippen molar-refractivity contribution in [2.45, 2.75) is 57.5 Å². The SMILES string of the molecule is CCOC1(C(=O)Cc2cc(F)cc(F)c2)CCCCCC1. The minimum Gasteiger partial charge on any atom is -0.367 e. The van der Waals surface area contributed by atoms with Crippen molar-refractivity contribution >= 4 is 5.78 Å². The Balaban J connectivity index is 2.17. The second-order valence-electron chi connectivity index (χ2n) is 5.72. The molecule has 0 aliphatic heterocycles. The Morgan fingerprint density at radius 3 is 2.19 bits per heavy atom. The maximum absolute atomic E-state index is 13.2. The third kappa shape index (κ3) is 4.10. The smallest absolute Gasteiger partial charge is 0.168 e. The molecule has 0 atom stereocenters. The molecule has 116 valence electrons. The first-order chi connectivity index (χ1) is 10.1. The molecule has 0 spiro atoms. The van der Waals surface area contributed by atoms with Gasteiger partial charge in [-0.1, -0.05) is 25.7 Å². The number of ether oxygens (including phenoxy) is 1. The second-order valence-corrected chi connectivity index (χ2v) is 5.72. The minimum atomic E-state index is -0.770. The normalized spacial score (nSPS) is 18.2. The molecule has 0 unspecified atom stereocenters. The van der Waals surface area contributed by atoms with Crippen LogP contribution in [0.3, 0.4) is 0 Å². The van der Waals surface area contributed by atoms with Gasteiger partial charge in [-0.25, -0.2) is 8.78 Å². The molecule has 0 amide bonds. The predicted octanol–water partition coefficient (Wildman–Crippen LogP) is 4.21. The number of benzene rings is 1. The number of ketones is 1. The molecule has 4 heteroatoms. The first kappa shape index (κ1) is 16.1. The molecule has 0 N–H and O–H groups in total. The summed E-state index contributed by atoms with van der Waals surface area (Å²) in [6.45, 7) is 2.35. The van der Waals surface area contributed by atoms with E-state index in [1.807, 2.05) is 6.92 Å². The van der Waals surface area contributed by atoms with Crippen molar-refractivity contribution in [3.63, 3.8) is 0 Å². The number of hydrogen-bond donors (Lipinski definition) is 0. The predicted molar refractivity (Wildman–Crippen MR) is 77.1 cm³/mol. The zero-order valence-corrected chi connectivity index (χ0v) is 12.5. The van der Waals surface area contributed by atoms with Crippen molar-refractivity contribution in [1.82, 2.24) is 0 Å². The van der Waals surface area contributed by atoms with Crippen molar-refractivity contribution in [2.24, 2.45) is 0 Å². The zero-order valence-electron chi connectivity index (χ0n) is 12.5. The first-order valence-electron chi connectivity index (χ1n) is 7.68. The Kier molecular flexibility index (Phi) is 5.45. The van der Waals surface area contributed by atoms with Crippen LogP contribution >= 0.6 is 0 Å². The molecule has 1 aliphatic rings. The van der Waals surface area contributed by atoms with Crippen LogP contribution in [0.5, 0.6) is 0 Å². The lowest BCUT2D eigenvalue weighted by Gasteiger charge is -2.31. The standard InChI is InChI=1S/C17H22F2O2/c1-2-21-17(7-5-3-4-6-8-17)16(20)11-13-9-14(18)12-15(19)10-13/h9-10,12H,2-8,11H2,1H3. The number of hydrogen-bond acceptors (Lipinski definition) is 2. The Hall–Kier alpha value is -1.29. The fourth-order valence-electron chi connectivity index (χ4n) is 3.14. The van der Waals surface area contributed by atoms with Crippen LogP contribution in [-0.2, 0) is 16.0 Å². The largest absolute Gasteiger partial charge is 0.367 e. The zero-order chi connectivity index (χ0) is 15.3. The fraction of sp³-hybridized carbons (Fsp3) is 0.588. The summed E-state index contributed by atoms with van der Waals surface area (Å²) in [5.41, 5.74) is -0.394. The Bertz CT molecular complexity index is 471. The van der Waals surface area contributed by atoms with Crippen molar-refractivity contribution < 1.29 is 18.3 Å². The quantitative estimate of drug-likeness (QED) is 0.761. The van der Waals surface area contributed by atoms with Gasteiger partial charge in [0.15, 0.2) is 5.78 Å².